The van der Waals surface area contributed by atoms with Crippen LogP contribution >= 0.6 is 0 Å². The molecule has 0 aliphatic rings. The van der Waals surface area contributed by atoms with Crippen LogP contribution in [0.4, 0.5) is 0 Å². The summed E-state index contributed by atoms with van der Waals surface area (Å²) in [4.78, 5) is 28.8. The molecule has 94 valence electrons. The number of carboxylic acids is 1. The van der Waals surface area contributed by atoms with Crippen molar-refractivity contribution in [2.75, 3.05) is 20.7 Å². The van der Waals surface area contributed by atoms with Gasteiger partial charge in [0.15, 0.2) is 0 Å². The molecule has 0 unspecified atom stereocenters. The van der Waals surface area contributed by atoms with E-state index in [1.807, 2.05) is 0 Å². The number of nitrogens with one attached hydrogen (secondary N) is 1. The highest BCUT2D eigenvalue weighted by molar-refractivity contribution is 5.80. The first kappa shape index (κ1) is 19.8. The fourth-order valence-electron chi connectivity index (χ4n) is 0.235. The maximum Gasteiger partial charge on any atom is 0.329 e. The van der Waals surface area contributed by atoms with Gasteiger partial charge in [-0.05, 0) is 20.9 Å². The van der Waals surface area contributed by atoms with E-state index in [0.29, 0.717) is 0 Å². The molecule has 0 rings (SSSR count). The summed E-state index contributed by atoms with van der Waals surface area (Å²) >= 11 is 0. The average Bonchev–Trinajstić information content (AvgIpc) is 2.16. The monoisotopic (exact) mass is 233 g/mol. The van der Waals surface area contributed by atoms with Crippen LogP contribution in [-0.4, -0.2) is 43.5 Å². The van der Waals surface area contributed by atoms with E-state index in [1.165, 1.54) is 21.0 Å². The lowest BCUT2D eigenvalue weighted by atomic mass is 10.6. The maximum absolute atomic E-state index is 9.84. The highest BCUT2D eigenvalue weighted by Gasteiger charge is 1.86. The second-order valence-electron chi connectivity index (χ2n) is 2.56. The molecule has 0 spiro atoms. The number of carbonyl (C=O) groups is 3. The van der Waals surface area contributed by atoms with Gasteiger partial charge in [-0.25, -0.2) is 4.79 Å². The van der Waals surface area contributed by atoms with Gasteiger partial charge in [-0.15, -0.1) is 0 Å². The first-order chi connectivity index (χ1) is 7.31. The van der Waals surface area contributed by atoms with E-state index in [1.54, 1.807) is 7.05 Å². The number of Topliss-reactive ketones (excluding diaryl/α,β-unsaturated/α-hetero) is 1. The summed E-state index contributed by atoms with van der Waals surface area (Å²) in [6.45, 7) is 6.25. The minimum absolute atomic E-state index is 0.0417. The van der Waals surface area contributed by atoms with Crippen LogP contribution in [0.5, 0.6) is 0 Å². The smallest absolute Gasteiger partial charge is 0.329 e. The standard InChI is InChI=1S/C4H6O2.C3H7NO2.C3H6O/c1-3-4(5)6-2;1-4-2-3(5)6;1-3(2)4/h3H,1H2,2H3;4H,2H2,1H3,(H,5,6);1-2H3. The van der Waals surface area contributed by atoms with Crippen LogP contribution in [0.2, 0.25) is 0 Å². The van der Waals surface area contributed by atoms with Crippen LogP contribution in [0, 0.1) is 0 Å². The number of methoxy groups -OCH3 is 1. The minimum Gasteiger partial charge on any atom is -0.480 e. The Bertz CT molecular complexity index is 221. The topological polar surface area (TPSA) is 92.7 Å². The van der Waals surface area contributed by atoms with Crippen molar-refractivity contribution in [3.63, 3.8) is 0 Å². The molecule has 0 saturated heterocycles. The van der Waals surface area contributed by atoms with Gasteiger partial charge in [0.25, 0.3) is 0 Å². The van der Waals surface area contributed by atoms with Gasteiger partial charge < -0.3 is 20.0 Å². The number of likely N-dealkylation sites (N-methyl/N-ethyl adjacent to an activating group) is 1. The molecule has 0 fully saturated rings. The highest BCUT2D eigenvalue weighted by atomic mass is 16.5. The zero-order valence-corrected chi connectivity index (χ0v) is 10.1. The zero-order valence-electron chi connectivity index (χ0n) is 10.1. The lowest BCUT2D eigenvalue weighted by molar-refractivity contribution is -0.136. The number of aliphatic carboxylic acids is 1. The van der Waals surface area contributed by atoms with E-state index >= 15 is 0 Å². The molecule has 0 bridgehead atoms. The summed E-state index contributed by atoms with van der Waals surface area (Å²) in [7, 11) is 2.90. The molecule has 16 heavy (non-hydrogen) atoms. The number of hydrogen-bond donors (Lipinski definition) is 2. The number of hydrogen-bond acceptors (Lipinski definition) is 5. The van der Waals surface area contributed by atoms with E-state index < -0.39 is 11.9 Å². The number of carboxylic acid groups (broad SMARTS) is 1. The van der Waals surface area contributed by atoms with Crippen molar-refractivity contribution in [1.82, 2.24) is 5.32 Å². The van der Waals surface area contributed by atoms with Crippen molar-refractivity contribution in [2.24, 2.45) is 0 Å². The number of carbonyl (C=O) groups excluding carboxylic acids is 2. The van der Waals surface area contributed by atoms with Crippen LogP contribution < -0.4 is 5.32 Å². The van der Waals surface area contributed by atoms with Gasteiger partial charge in [-0.1, -0.05) is 6.58 Å². The Hall–Kier alpha value is -1.69. The molecule has 0 aliphatic heterocycles. The quantitative estimate of drug-likeness (QED) is 0.535. The lowest BCUT2D eigenvalue weighted by Gasteiger charge is -1.84. The van der Waals surface area contributed by atoms with Crippen molar-refractivity contribution in [3.8, 4) is 0 Å². The molecule has 0 heterocycles. The molecule has 0 aliphatic carbocycles. The van der Waals surface area contributed by atoms with E-state index in [-0.39, 0.29) is 12.3 Å². The Labute approximate surface area is 95.3 Å². The fraction of sp³-hybridized carbons (Fsp3) is 0.500. The molecule has 0 radical (unpaired) electrons. The van der Waals surface area contributed by atoms with Crippen LogP contribution in [0.3, 0.4) is 0 Å². The van der Waals surface area contributed by atoms with Gasteiger partial charge >= 0.3 is 11.9 Å². The molecule has 2 N–H and O–H groups in total. The molecule has 6 nitrogen and oxygen atoms in total. The van der Waals surface area contributed by atoms with E-state index in [9.17, 15) is 14.4 Å². The highest BCUT2D eigenvalue weighted by Crippen LogP contribution is 1.67. The van der Waals surface area contributed by atoms with Crippen LogP contribution in [0.25, 0.3) is 0 Å². The van der Waals surface area contributed by atoms with Crippen LogP contribution in [0.15, 0.2) is 12.7 Å². The van der Waals surface area contributed by atoms with Crippen molar-refractivity contribution in [3.05, 3.63) is 12.7 Å². The van der Waals surface area contributed by atoms with Gasteiger partial charge in [0.1, 0.15) is 5.78 Å². The first-order valence-corrected chi connectivity index (χ1v) is 4.35. The van der Waals surface area contributed by atoms with E-state index in [4.69, 9.17) is 5.11 Å². The lowest BCUT2D eigenvalue weighted by Crippen LogP contribution is -2.16. The Balaban J connectivity index is -0.000000162. The average molecular weight is 233 g/mol. The third-order valence-corrected chi connectivity index (χ3v) is 0.696. The van der Waals surface area contributed by atoms with Crippen molar-refractivity contribution >= 4 is 17.7 Å². The van der Waals surface area contributed by atoms with E-state index in [0.717, 1.165) is 6.08 Å². The summed E-state index contributed by atoms with van der Waals surface area (Å²) < 4.78 is 4.14. The fourth-order valence-corrected chi connectivity index (χ4v) is 0.235. The van der Waals surface area contributed by atoms with Gasteiger partial charge in [0.2, 0.25) is 0 Å². The van der Waals surface area contributed by atoms with Crippen LogP contribution in [0.1, 0.15) is 13.8 Å². The minimum atomic E-state index is -0.822. The summed E-state index contributed by atoms with van der Waals surface area (Å²) in [6, 6.07) is 0. The number of ether oxygens (including phenoxy) is 1. The van der Waals surface area contributed by atoms with E-state index in [2.05, 4.69) is 16.6 Å². The molecule has 0 aromatic heterocycles. The van der Waals surface area contributed by atoms with Crippen molar-refractivity contribution < 1.29 is 24.2 Å². The molecule has 0 aromatic carbocycles. The second-order valence-corrected chi connectivity index (χ2v) is 2.56. The molecule has 0 amide bonds. The Morgan fingerprint density at radius 2 is 1.75 bits per heavy atom. The van der Waals surface area contributed by atoms with Gasteiger partial charge in [-0.2, -0.15) is 0 Å². The van der Waals surface area contributed by atoms with Crippen LogP contribution in [-0.2, 0) is 19.1 Å². The summed E-state index contributed by atoms with van der Waals surface area (Å²) in [5.74, 6) is -1.05. The first-order valence-electron chi connectivity index (χ1n) is 4.35. The Kier molecular flexibility index (Phi) is 19.5. The Morgan fingerprint density at radius 3 is 1.75 bits per heavy atom. The number of ketones is 1. The SMILES string of the molecule is C=CC(=O)OC.CC(C)=O.CNCC(=O)O. The Morgan fingerprint density at radius 1 is 1.38 bits per heavy atom. The van der Waals surface area contributed by atoms with Gasteiger partial charge in [0.05, 0.1) is 13.7 Å². The predicted molar refractivity (Wildman–Crippen MR) is 60.1 cm³/mol. The molecule has 0 atom stereocenters. The largest absolute Gasteiger partial charge is 0.480 e. The second kappa shape index (κ2) is 15.8. The van der Waals surface area contributed by atoms with Crippen molar-refractivity contribution in [2.45, 2.75) is 13.8 Å². The molecular weight excluding hydrogens is 214 g/mol. The van der Waals surface area contributed by atoms with Crippen molar-refractivity contribution in [1.29, 1.82) is 0 Å². The third kappa shape index (κ3) is 55.8. The maximum atomic E-state index is 9.84. The predicted octanol–water partition coefficient (Wildman–Crippen LogP) is 0.231. The molecule has 0 saturated carbocycles. The molecular formula is C10H19NO5. The summed E-state index contributed by atoms with van der Waals surface area (Å²) in [5, 5.41) is 10.3. The number of rotatable bonds is 3. The molecule has 6 heteroatoms. The van der Waals surface area contributed by atoms with Gasteiger partial charge in [-0.3, -0.25) is 4.79 Å². The zero-order chi connectivity index (χ0) is 13.6. The molecule has 0 aromatic rings. The normalized spacial score (nSPS) is 7.25. The summed E-state index contributed by atoms with van der Waals surface area (Å²) in [6.07, 6.45) is 1.11. The third-order valence-electron chi connectivity index (χ3n) is 0.696. The number of esters is 1. The van der Waals surface area contributed by atoms with Gasteiger partial charge in [0, 0.05) is 6.08 Å². The summed E-state index contributed by atoms with van der Waals surface area (Å²) in [5.41, 5.74) is 0.